The Hall–Kier alpha value is -0.690. The average Bonchev–Trinajstić information content (AvgIpc) is 2.32. The molecule has 0 aliphatic carbocycles. The standard InChI is InChI=1S/C13H24O6/c1-5-13(3,4)19-10-9(15)8(6-14)7(2)18-11(10)12(16)17/h7-11,14-15H,5-6H2,1-4H3,(H,16,17)/t7-,8+,9?,10-,11?/m0/s1. The molecule has 2 unspecified atom stereocenters. The molecule has 0 amide bonds. The number of hydrogen-bond donors (Lipinski definition) is 3. The van der Waals surface area contributed by atoms with Crippen LogP contribution in [0.1, 0.15) is 34.1 Å². The molecule has 0 radical (unpaired) electrons. The van der Waals surface area contributed by atoms with Crippen LogP contribution in [0.4, 0.5) is 0 Å². The molecule has 0 aromatic carbocycles. The van der Waals surface area contributed by atoms with Crippen LogP contribution in [-0.2, 0) is 14.3 Å². The van der Waals surface area contributed by atoms with Gasteiger partial charge in [0.05, 0.1) is 24.4 Å². The van der Waals surface area contributed by atoms with Crippen LogP contribution in [0.5, 0.6) is 0 Å². The second kappa shape index (κ2) is 6.17. The highest BCUT2D eigenvalue weighted by Crippen LogP contribution is 2.31. The monoisotopic (exact) mass is 276 g/mol. The fourth-order valence-corrected chi connectivity index (χ4v) is 2.15. The number of carboxylic acids is 1. The Morgan fingerprint density at radius 3 is 2.42 bits per heavy atom. The summed E-state index contributed by atoms with van der Waals surface area (Å²) >= 11 is 0. The maximum atomic E-state index is 11.2. The summed E-state index contributed by atoms with van der Waals surface area (Å²) in [5, 5.41) is 28.7. The molecule has 1 rings (SSSR count). The quantitative estimate of drug-likeness (QED) is 0.672. The minimum absolute atomic E-state index is 0.277. The highest BCUT2D eigenvalue weighted by atomic mass is 16.6. The fraction of sp³-hybridized carbons (Fsp3) is 0.923. The number of carbonyl (C=O) groups is 1. The van der Waals surface area contributed by atoms with Crippen molar-refractivity contribution in [2.45, 2.75) is 64.1 Å². The predicted molar refractivity (Wildman–Crippen MR) is 67.8 cm³/mol. The molecule has 1 saturated heterocycles. The minimum atomic E-state index is -1.22. The van der Waals surface area contributed by atoms with Crippen molar-refractivity contribution in [3.63, 3.8) is 0 Å². The third-order valence-corrected chi connectivity index (χ3v) is 3.80. The summed E-state index contributed by atoms with van der Waals surface area (Å²) in [6.45, 7) is 6.93. The number of rotatable bonds is 5. The molecule has 0 spiro atoms. The number of carboxylic acid groups (broad SMARTS) is 1. The van der Waals surface area contributed by atoms with Crippen molar-refractivity contribution < 1.29 is 29.6 Å². The van der Waals surface area contributed by atoms with E-state index in [4.69, 9.17) is 9.47 Å². The Labute approximate surface area is 113 Å². The SMILES string of the molecule is CCC(C)(C)O[C@@H]1C(C(=O)O)O[C@@H](C)[C@@H](CO)C1O. The van der Waals surface area contributed by atoms with Gasteiger partial charge >= 0.3 is 5.97 Å². The van der Waals surface area contributed by atoms with Crippen LogP contribution in [0, 0.1) is 5.92 Å². The van der Waals surface area contributed by atoms with E-state index in [0.717, 1.165) is 0 Å². The molecule has 0 aromatic rings. The van der Waals surface area contributed by atoms with Gasteiger partial charge in [-0.05, 0) is 27.2 Å². The number of hydrogen-bond acceptors (Lipinski definition) is 5. The van der Waals surface area contributed by atoms with E-state index in [2.05, 4.69) is 0 Å². The third-order valence-electron chi connectivity index (χ3n) is 3.80. The first-order chi connectivity index (χ1) is 8.73. The lowest BCUT2D eigenvalue weighted by Gasteiger charge is -2.44. The molecule has 1 aliphatic rings. The van der Waals surface area contributed by atoms with Gasteiger partial charge in [0.1, 0.15) is 6.10 Å². The van der Waals surface area contributed by atoms with Crippen LogP contribution in [-0.4, -0.2) is 57.9 Å². The molecule has 1 heterocycles. The summed E-state index contributed by atoms with van der Waals surface area (Å²) in [5.74, 6) is -1.72. The second-order valence-corrected chi connectivity index (χ2v) is 5.63. The number of aliphatic hydroxyl groups is 2. The third kappa shape index (κ3) is 3.66. The molecule has 1 fully saturated rings. The smallest absolute Gasteiger partial charge is 0.335 e. The van der Waals surface area contributed by atoms with Crippen molar-refractivity contribution in [1.29, 1.82) is 0 Å². The molecule has 3 N–H and O–H groups in total. The van der Waals surface area contributed by atoms with E-state index in [1.807, 2.05) is 20.8 Å². The van der Waals surface area contributed by atoms with E-state index in [1.54, 1.807) is 6.92 Å². The number of aliphatic carboxylic acids is 1. The fourth-order valence-electron chi connectivity index (χ4n) is 2.15. The highest BCUT2D eigenvalue weighted by molar-refractivity contribution is 5.73. The van der Waals surface area contributed by atoms with Gasteiger partial charge in [0, 0.05) is 5.92 Å². The maximum Gasteiger partial charge on any atom is 0.335 e. The van der Waals surface area contributed by atoms with Gasteiger partial charge in [-0.3, -0.25) is 0 Å². The van der Waals surface area contributed by atoms with E-state index < -0.39 is 41.9 Å². The van der Waals surface area contributed by atoms with Crippen molar-refractivity contribution in [3.8, 4) is 0 Å². The van der Waals surface area contributed by atoms with Crippen LogP contribution < -0.4 is 0 Å². The zero-order valence-corrected chi connectivity index (χ0v) is 11.9. The Balaban J connectivity index is 2.96. The topological polar surface area (TPSA) is 96.2 Å². The lowest BCUT2D eigenvalue weighted by atomic mass is 9.87. The molecule has 6 heteroatoms. The van der Waals surface area contributed by atoms with Crippen LogP contribution >= 0.6 is 0 Å². The highest BCUT2D eigenvalue weighted by Gasteiger charge is 2.48. The van der Waals surface area contributed by atoms with Crippen molar-refractivity contribution >= 4 is 5.97 Å². The largest absolute Gasteiger partial charge is 0.479 e. The Bertz CT molecular complexity index is 316. The molecule has 0 aromatic heterocycles. The molecule has 19 heavy (non-hydrogen) atoms. The van der Waals surface area contributed by atoms with Crippen LogP contribution in [0.15, 0.2) is 0 Å². The first kappa shape index (κ1) is 16.4. The van der Waals surface area contributed by atoms with Crippen LogP contribution in [0.3, 0.4) is 0 Å². The van der Waals surface area contributed by atoms with Gasteiger partial charge in [-0.1, -0.05) is 6.92 Å². The van der Waals surface area contributed by atoms with Gasteiger partial charge in [0.15, 0.2) is 6.10 Å². The van der Waals surface area contributed by atoms with E-state index in [0.29, 0.717) is 6.42 Å². The maximum absolute atomic E-state index is 11.2. The zero-order valence-electron chi connectivity index (χ0n) is 11.9. The predicted octanol–water partition coefficient (Wildman–Crippen LogP) is 0.401. The Morgan fingerprint density at radius 1 is 1.42 bits per heavy atom. The van der Waals surface area contributed by atoms with Gasteiger partial charge in [-0.15, -0.1) is 0 Å². The molecular weight excluding hydrogens is 252 g/mol. The van der Waals surface area contributed by atoms with E-state index in [-0.39, 0.29) is 6.61 Å². The summed E-state index contributed by atoms with van der Waals surface area (Å²) in [6, 6.07) is 0. The lowest BCUT2D eigenvalue weighted by molar-refractivity contribution is -0.246. The Morgan fingerprint density at radius 2 is 2.00 bits per heavy atom. The summed E-state index contributed by atoms with van der Waals surface area (Å²) in [7, 11) is 0. The van der Waals surface area contributed by atoms with Gasteiger partial charge in [-0.25, -0.2) is 4.79 Å². The lowest BCUT2D eigenvalue weighted by Crippen LogP contribution is -2.59. The summed E-state index contributed by atoms with van der Waals surface area (Å²) in [6.07, 6.45) is -3.15. The van der Waals surface area contributed by atoms with E-state index >= 15 is 0 Å². The number of aliphatic hydroxyl groups excluding tert-OH is 2. The van der Waals surface area contributed by atoms with E-state index in [1.165, 1.54) is 0 Å². The normalized spacial score (nSPS) is 36.2. The zero-order chi connectivity index (χ0) is 14.8. The van der Waals surface area contributed by atoms with Crippen LogP contribution in [0.25, 0.3) is 0 Å². The first-order valence-electron chi connectivity index (χ1n) is 6.58. The summed E-state index contributed by atoms with van der Waals surface area (Å²) in [5.41, 5.74) is -0.566. The van der Waals surface area contributed by atoms with Gasteiger partial charge < -0.3 is 24.8 Å². The van der Waals surface area contributed by atoms with Gasteiger partial charge in [0.25, 0.3) is 0 Å². The molecule has 0 saturated carbocycles. The molecule has 112 valence electrons. The van der Waals surface area contributed by atoms with E-state index in [9.17, 15) is 20.1 Å². The minimum Gasteiger partial charge on any atom is -0.479 e. The Kier molecular flexibility index (Phi) is 5.32. The summed E-state index contributed by atoms with van der Waals surface area (Å²) in [4.78, 5) is 11.2. The van der Waals surface area contributed by atoms with Crippen molar-refractivity contribution in [3.05, 3.63) is 0 Å². The van der Waals surface area contributed by atoms with Crippen LogP contribution in [0.2, 0.25) is 0 Å². The average molecular weight is 276 g/mol. The first-order valence-corrected chi connectivity index (χ1v) is 6.58. The molecule has 1 aliphatic heterocycles. The molecule has 5 atom stereocenters. The van der Waals surface area contributed by atoms with Crippen molar-refractivity contribution in [1.82, 2.24) is 0 Å². The molecular formula is C13H24O6. The van der Waals surface area contributed by atoms with Crippen molar-refractivity contribution in [2.75, 3.05) is 6.61 Å². The van der Waals surface area contributed by atoms with Gasteiger partial charge in [0.2, 0.25) is 0 Å². The summed E-state index contributed by atoms with van der Waals surface area (Å²) < 4.78 is 11.1. The van der Waals surface area contributed by atoms with Gasteiger partial charge in [-0.2, -0.15) is 0 Å². The molecule has 6 nitrogen and oxygen atoms in total. The second-order valence-electron chi connectivity index (χ2n) is 5.63. The molecule has 0 bridgehead atoms. The number of ether oxygens (including phenoxy) is 2. The van der Waals surface area contributed by atoms with Crippen molar-refractivity contribution in [2.24, 2.45) is 5.92 Å².